The second kappa shape index (κ2) is 6.15. The minimum Gasteiger partial charge on any atom is -0.393 e. The van der Waals surface area contributed by atoms with Crippen LogP contribution in [0.1, 0.15) is 47.9 Å². The minimum atomic E-state index is -1.05. The normalized spacial score (nSPS) is 23.2. The number of carbonyl (C=O) groups is 1. The zero-order valence-corrected chi connectivity index (χ0v) is 13.1. The SMILES string of the molecule is CCn1nc(C)c(C(=O)N2CCC[C@@](O)(CO)CC2)c1C. The topological polar surface area (TPSA) is 78.6 Å². The van der Waals surface area contributed by atoms with Crippen molar-refractivity contribution < 1.29 is 15.0 Å². The Morgan fingerprint density at radius 3 is 2.62 bits per heavy atom. The monoisotopic (exact) mass is 295 g/mol. The number of carbonyl (C=O) groups excluding carboxylic acids is 1. The van der Waals surface area contributed by atoms with Crippen molar-refractivity contribution in [2.24, 2.45) is 0 Å². The molecule has 6 heteroatoms. The first-order valence-corrected chi connectivity index (χ1v) is 7.58. The van der Waals surface area contributed by atoms with Crippen LogP contribution in [0.15, 0.2) is 0 Å². The van der Waals surface area contributed by atoms with Crippen molar-refractivity contribution in [1.82, 2.24) is 14.7 Å². The minimum absolute atomic E-state index is 0.0214. The van der Waals surface area contributed by atoms with Crippen molar-refractivity contribution in [3.63, 3.8) is 0 Å². The third-order valence-electron chi connectivity index (χ3n) is 4.39. The summed E-state index contributed by atoms with van der Waals surface area (Å²) in [5.41, 5.74) is 1.26. The number of nitrogens with zero attached hydrogens (tertiary/aromatic N) is 3. The quantitative estimate of drug-likeness (QED) is 0.867. The molecule has 1 amide bonds. The van der Waals surface area contributed by atoms with Crippen molar-refractivity contribution in [2.75, 3.05) is 19.7 Å². The molecule has 1 aliphatic rings. The van der Waals surface area contributed by atoms with Crippen LogP contribution in [-0.2, 0) is 6.54 Å². The molecule has 2 N–H and O–H groups in total. The zero-order chi connectivity index (χ0) is 15.6. The summed E-state index contributed by atoms with van der Waals surface area (Å²) in [7, 11) is 0. The van der Waals surface area contributed by atoms with E-state index in [1.165, 1.54) is 0 Å². The molecule has 0 bridgehead atoms. The van der Waals surface area contributed by atoms with Gasteiger partial charge in [0.05, 0.1) is 23.5 Å². The van der Waals surface area contributed by atoms with E-state index in [-0.39, 0.29) is 12.5 Å². The molecule has 1 atom stereocenters. The average Bonchev–Trinajstić information content (AvgIpc) is 2.63. The molecule has 0 saturated carbocycles. The lowest BCUT2D eigenvalue weighted by Gasteiger charge is -2.24. The number of aryl methyl sites for hydroxylation is 2. The lowest BCUT2D eigenvalue weighted by molar-refractivity contribution is -0.0250. The molecule has 1 fully saturated rings. The molecule has 2 rings (SSSR count). The molecule has 0 spiro atoms. The first kappa shape index (κ1) is 16.0. The van der Waals surface area contributed by atoms with Crippen LogP contribution < -0.4 is 0 Å². The number of rotatable bonds is 3. The summed E-state index contributed by atoms with van der Waals surface area (Å²) in [5, 5.41) is 23.8. The van der Waals surface area contributed by atoms with Gasteiger partial charge in [-0.05, 0) is 40.0 Å². The Kier molecular flexibility index (Phi) is 4.68. The Labute approximate surface area is 125 Å². The van der Waals surface area contributed by atoms with Gasteiger partial charge in [-0.15, -0.1) is 0 Å². The van der Waals surface area contributed by atoms with E-state index in [0.29, 0.717) is 37.9 Å². The van der Waals surface area contributed by atoms with Crippen LogP contribution in [0.2, 0.25) is 0 Å². The first-order chi connectivity index (χ1) is 9.91. The average molecular weight is 295 g/mol. The molecule has 0 aliphatic carbocycles. The van der Waals surface area contributed by atoms with Crippen LogP contribution >= 0.6 is 0 Å². The molecular weight excluding hydrogens is 270 g/mol. The van der Waals surface area contributed by atoms with Crippen LogP contribution in [0.3, 0.4) is 0 Å². The standard InChI is InChI=1S/C15H25N3O3/c1-4-18-12(3)13(11(2)16-18)14(20)17-8-5-6-15(21,10-19)7-9-17/h19,21H,4-10H2,1-3H3/t15-/m0/s1. The van der Waals surface area contributed by atoms with Crippen molar-refractivity contribution >= 4 is 5.91 Å². The van der Waals surface area contributed by atoms with E-state index in [2.05, 4.69) is 5.10 Å². The Morgan fingerprint density at radius 2 is 2.05 bits per heavy atom. The number of hydrogen-bond donors (Lipinski definition) is 2. The number of amides is 1. The summed E-state index contributed by atoms with van der Waals surface area (Å²) >= 11 is 0. The number of hydrogen-bond acceptors (Lipinski definition) is 4. The highest BCUT2D eigenvalue weighted by Gasteiger charge is 2.32. The first-order valence-electron chi connectivity index (χ1n) is 7.58. The predicted molar refractivity (Wildman–Crippen MR) is 79.2 cm³/mol. The largest absolute Gasteiger partial charge is 0.393 e. The van der Waals surface area contributed by atoms with Gasteiger partial charge in [0.15, 0.2) is 0 Å². The highest BCUT2D eigenvalue weighted by atomic mass is 16.3. The third kappa shape index (κ3) is 3.11. The second-order valence-electron chi connectivity index (χ2n) is 5.89. The van der Waals surface area contributed by atoms with Crippen LogP contribution in [0.25, 0.3) is 0 Å². The van der Waals surface area contributed by atoms with Crippen molar-refractivity contribution in [2.45, 2.75) is 52.2 Å². The van der Waals surface area contributed by atoms with Gasteiger partial charge in [-0.3, -0.25) is 9.48 Å². The van der Waals surface area contributed by atoms with E-state index < -0.39 is 5.60 Å². The summed E-state index contributed by atoms with van der Waals surface area (Å²) in [5.74, 6) is -0.0214. The van der Waals surface area contributed by atoms with E-state index in [1.807, 2.05) is 25.5 Å². The molecule has 118 valence electrons. The lowest BCUT2D eigenvalue weighted by Crippen LogP contribution is -2.36. The van der Waals surface area contributed by atoms with Crippen LogP contribution in [0.5, 0.6) is 0 Å². The summed E-state index contributed by atoms with van der Waals surface area (Å²) in [4.78, 5) is 14.5. The summed E-state index contributed by atoms with van der Waals surface area (Å²) in [6.07, 6.45) is 1.64. The predicted octanol–water partition coefficient (Wildman–Crippen LogP) is 0.869. The van der Waals surface area contributed by atoms with Crippen molar-refractivity contribution in [1.29, 1.82) is 0 Å². The second-order valence-corrected chi connectivity index (χ2v) is 5.89. The smallest absolute Gasteiger partial charge is 0.257 e. The van der Waals surface area contributed by atoms with Gasteiger partial charge in [0.1, 0.15) is 0 Å². The number of likely N-dealkylation sites (tertiary alicyclic amines) is 1. The van der Waals surface area contributed by atoms with E-state index in [4.69, 9.17) is 0 Å². The fourth-order valence-corrected chi connectivity index (χ4v) is 3.01. The summed E-state index contributed by atoms with van der Waals surface area (Å²) < 4.78 is 1.84. The molecule has 1 aliphatic heterocycles. The maximum absolute atomic E-state index is 12.8. The van der Waals surface area contributed by atoms with Gasteiger partial charge in [0, 0.05) is 25.3 Å². The third-order valence-corrected chi connectivity index (χ3v) is 4.39. The van der Waals surface area contributed by atoms with Gasteiger partial charge in [-0.2, -0.15) is 5.10 Å². The molecule has 2 heterocycles. The Bertz CT molecular complexity index is 526. The van der Waals surface area contributed by atoms with Gasteiger partial charge in [-0.25, -0.2) is 0 Å². The highest BCUT2D eigenvalue weighted by Crippen LogP contribution is 2.24. The Balaban J connectivity index is 2.19. The molecule has 1 aromatic heterocycles. The van der Waals surface area contributed by atoms with Crippen LogP contribution in [-0.4, -0.2) is 56.1 Å². The highest BCUT2D eigenvalue weighted by molar-refractivity contribution is 5.96. The number of aliphatic hydroxyl groups excluding tert-OH is 1. The van der Waals surface area contributed by atoms with Gasteiger partial charge in [0.25, 0.3) is 5.91 Å². The van der Waals surface area contributed by atoms with E-state index >= 15 is 0 Å². The Morgan fingerprint density at radius 1 is 1.33 bits per heavy atom. The van der Waals surface area contributed by atoms with Crippen LogP contribution in [0, 0.1) is 13.8 Å². The zero-order valence-electron chi connectivity index (χ0n) is 13.1. The lowest BCUT2D eigenvalue weighted by atomic mass is 9.96. The van der Waals surface area contributed by atoms with Gasteiger partial charge in [-0.1, -0.05) is 0 Å². The molecule has 0 radical (unpaired) electrons. The molecule has 0 unspecified atom stereocenters. The van der Waals surface area contributed by atoms with Crippen LogP contribution in [0.4, 0.5) is 0 Å². The molecule has 6 nitrogen and oxygen atoms in total. The Hall–Kier alpha value is -1.40. The molecule has 0 aromatic carbocycles. The molecular formula is C15H25N3O3. The molecule has 1 aromatic rings. The maximum Gasteiger partial charge on any atom is 0.257 e. The van der Waals surface area contributed by atoms with Crippen molar-refractivity contribution in [3.8, 4) is 0 Å². The summed E-state index contributed by atoms with van der Waals surface area (Å²) in [6, 6.07) is 0. The molecule has 21 heavy (non-hydrogen) atoms. The number of aliphatic hydroxyl groups is 2. The van der Waals surface area contributed by atoms with E-state index in [9.17, 15) is 15.0 Å². The van der Waals surface area contributed by atoms with Crippen molar-refractivity contribution in [3.05, 3.63) is 17.0 Å². The summed E-state index contributed by atoms with van der Waals surface area (Å²) in [6.45, 7) is 7.34. The van der Waals surface area contributed by atoms with Gasteiger partial charge in [0.2, 0.25) is 0 Å². The molecule has 1 saturated heterocycles. The number of aromatic nitrogens is 2. The maximum atomic E-state index is 12.8. The van der Waals surface area contributed by atoms with Gasteiger partial charge >= 0.3 is 0 Å². The van der Waals surface area contributed by atoms with E-state index in [0.717, 1.165) is 17.9 Å². The fourth-order valence-electron chi connectivity index (χ4n) is 3.01. The van der Waals surface area contributed by atoms with E-state index in [1.54, 1.807) is 4.90 Å². The van der Waals surface area contributed by atoms with Gasteiger partial charge < -0.3 is 15.1 Å². The fraction of sp³-hybridized carbons (Fsp3) is 0.733.